The van der Waals surface area contributed by atoms with E-state index in [1.807, 2.05) is 60.8 Å². The molecule has 0 spiro atoms. The molecule has 152 valence electrons. The minimum atomic E-state index is -0.150. The van der Waals surface area contributed by atoms with Crippen molar-refractivity contribution in [1.29, 1.82) is 0 Å². The number of hydrogen-bond donors (Lipinski definition) is 1. The zero-order valence-electron chi connectivity index (χ0n) is 17.6. The van der Waals surface area contributed by atoms with E-state index in [1.54, 1.807) is 11.3 Å². The molecule has 5 heteroatoms. The number of anilines is 1. The Kier molecular flexibility index (Phi) is 4.75. The lowest BCUT2D eigenvalue weighted by Gasteiger charge is -2.14. The van der Waals surface area contributed by atoms with Crippen LogP contribution in [0.1, 0.15) is 27.2 Å². The number of aromatic nitrogens is 2. The standard InChI is InChI=1S/C26H21N3OS/c1-15-11-16(2)25-20(12-15)22(13-17(3)27-25)29-26(30)19-14-23(24-9-6-10-31-24)28-21-8-5-4-7-18(19)21/h4-14H,1-3H3,(H,27,29,30). The van der Waals surface area contributed by atoms with Crippen LogP contribution in [-0.2, 0) is 0 Å². The van der Waals surface area contributed by atoms with Gasteiger partial charge in [-0.2, -0.15) is 0 Å². The molecule has 0 bridgehead atoms. The van der Waals surface area contributed by atoms with Crippen molar-refractivity contribution in [2.75, 3.05) is 5.32 Å². The van der Waals surface area contributed by atoms with Gasteiger partial charge in [0, 0.05) is 16.5 Å². The Labute approximate surface area is 184 Å². The van der Waals surface area contributed by atoms with E-state index in [2.05, 4.69) is 31.3 Å². The zero-order chi connectivity index (χ0) is 21.5. The largest absolute Gasteiger partial charge is 0.321 e. The van der Waals surface area contributed by atoms with Gasteiger partial charge < -0.3 is 5.32 Å². The second-order valence-corrected chi connectivity index (χ2v) is 8.74. The minimum absolute atomic E-state index is 0.150. The Bertz CT molecular complexity index is 1460. The molecule has 3 aromatic heterocycles. The van der Waals surface area contributed by atoms with Gasteiger partial charge in [-0.05, 0) is 62.0 Å². The molecule has 0 radical (unpaired) electrons. The molecular weight excluding hydrogens is 402 g/mol. The van der Waals surface area contributed by atoms with E-state index in [1.165, 1.54) is 0 Å². The van der Waals surface area contributed by atoms with Crippen molar-refractivity contribution in [3.63, 3.8) is 0 Å². The quantitative estimate of drug-likeness (QED) is 0.352. The van der Waals surface area contributed by atoms with Gasteiger partial charge in [0.25, 0.3) is 5.91 Å². The molecule has 1 N–H and O–H groups in total. The number of para-hydroxylation sites is 1. The van der Waals surface area contributed by atoms with Gasteiger partial charge in [-0.15, -0.1) is 11.3 Å². The Balaban J connectivity index is 1.65. The predicted octanol–water partition coefficient (Wildman–Crippen LogP) is 6.69. The van der Waals surface area contributed by atoms with Gasteiger partial charge in [-0.3, -0.25) is 9.78 Å². The van der Waals surface area contributed by atoms with Crippen molar-refractivity contribution in [2.24, 2.45) is 0 Å². The maximum atomic E-state index is 13.5. The molecule has 0 fully saturated rings. The molecule has 3 heterocycles. The summed E-state index contributed by atoms with van der Waals surface area (Å²) in [4.78, 5) is 24.0. The molecule has 31 heavy (non-hydrogen) atoms. The normalized spacial score (nSPS) is 11.2. The number of carbonyl (C=O) groups is 1. The first-order chi connectivity index (χ1) is 15.0. The summed E-state index contributed by atoms with van der Waals surface area (Å²) in [6.07, 6.45) is 0. The summed E-state index contributed by atoms with van der Waals surface area (Å²) in [5, 5.41) is 6.96. The second kappa shape index (κ2) is 7.60. The van der Waals surface area contributed by atoms with Crippen molar-refractivity contribution in [3.8, 4) is 10.6 Å². The van der Waals surface area contributed by atoms with Gasteiger partial charge in [-0.1, -0.05) is 35.9 Å². The molecule has 0 aliphatic carbocycles. The molecule has 0 saturated carbocycles. The Morgan fingerprint density at radius 2 is 1.74 bits per heavy atom. The summed E-state index contributed by atoms with van der Waals surface area (Å²) < 4.78 is 0. The fourth-order valence-corrected chi connectivity index (χ4v) is 4.70. The first kappa shape index (κ1) is 19.4. The highest BCUT2D eigenvalue weighted by Crippen LogP contribution is 2.30. The van der Waals surface area contributed by atoms with Crippen LogP contribution in [0.15, 0.2) is 66.0 Å². The van der Waals surface area contributed by atoms with E-state index in [0.29, 0.717) is 5.56 Å². The highest BCUT2D eigenvalue weighted by molar-refractivity contribution is 7.13. The zero-order valence-corrected chi connectivity index (χ0v) is 18.4. The molecule has 0 saturated heterocycles. The molecule has 0 unspecified atom stereocenters. The van der Waals surface area contributed by atoms with Crippen LogP contribution in [-0.4, -0.2) is 15.9 Å². The van der Waals surface area contributed by atoms with Crippen LogP contribution in [0.2, 0.25) is 0 Å². The molecule has 0 atom stereocenters. The van der Waals surface area contributed by atoms with E-state index < -0.39 is 0 Å². The minimum Gasteiger partial charge on any atom is -0.321 e. The Morgan fingerprint density at radius 1 is 0.903 bits per heavy atom. The number of thiophene rings is 1. The van der Waals surface area contributed by atoms with E-state index in [9.17, 15) is 4.79 Å². The van der Waals surface area contributed by atoms with Crippen LogP contribution in [0, 0.1) is 20.8 Å². The number of aryl methyl sites for hydroxylation is 3. The average Bonchev–Trinajstić information content (AvgIpc) is 3.29. The van der Waals surface area contributed by atoms with Crippen molar-refractivity contribution in [3.05, 3.63) is 88.4 Å². The van der Waals surface area contributed by atoms with Crippen LogP contribution in [0.4, 0.5) is 5.69 Å². The lowest BCUT2D eigenvalue weighted by molar-refractivity contribution is 0.102. The van der Waals surface area contributed by atoms with Gasteiger partial charge in [0.2, 0.25) is 0 Å². The Morgan fingerprint density at radius 3 is 2.55 bits per heavy atom. The van der Waals surface area contributed by atoms with E-state index in [-0.39, 0.29) is 5.91 Å². The molecule has 2 aromatic carbocycles. The molecule has 5 rings (SSSR count). The third-order valence-electron chi connectivity index (χ3n) is 5.36. The summed E-state index contributed by atoms with van der Waals surface area (Å²) in [7, 11) is 0. The Hall–Kier alpha value is -3.57. The highest BCUT2D eigenvalue weighted by atomic mass is 32.1. The topological polar surface area (TPSA) is 54.9 Å². The lowest BCUT2D eigenvalue weighted by atomic mass is 10.0. The summed E-state index contributed by atoms with van der Waals surface area (Å²) in [6.45, 7) is 6.06. The first-order valence-corrected chi connectivity index (χ1v) is 11.0. The van der Waals surface area contributed by atoms with Gasteiger partial charge >= 0.3 is 0 Å². The van der Waals surface area contributed by atoms with Gasteiger partial charge in [0.15, 0.2) is 0 Å². The van der Waals surface area contributed by atoms with E-state index in [4.69, 9.17) is 9.97 Å². The summed E-state index contributed by atoms with van der Waals surface area (Å²) in [5.41, 5.74) is 7.03. The molecule has 4 nitrogen and oxygen atoms in total. The van der Waals surface area contributed by atoms with Crippen LogP contribution in [0.25, 0.3) is 32.4 Å². The maximum absolute atomic E-state index is 13.5. The first-order valence-electron chi connectivity index (χ1n) is 10.1. The SMILES string of the molecule is Cc1cc(C)c2nc(C)cc(NC(=O)c3cc(-c4cccs4)nc4ccccc34)c2c1. The van der Waals surface area contributed by atoms with Crippen molar-refractivity contribution >= 4 is 44.7 Å². The molecule has 0 aliphatic rings. The number of carbonyl (C=O) groups excluding carboxylic acids is 1. The number of rotatable bonds is 3. The van der Waals surface area contributed by atoms with Crippen LogP contribution in [0.3, 0.4) is 0 Å². The number of benzene rings is 2. The summed E-state index contributed by atoms with van der Waals surface area (Å²) in [5.74, 6) is -0.150. The molecular formula is C26H21N3OS. The molecule has 0 aliphatic heterocycles. The fourth-order valence-electron chi connectivity index (χ4n) is 4.02. The molecule has 5 aromatic rings. The van der Waals surface area contributed by atoms with Crippen LogP contribution in [0.5, 0.6) is 0 Å². The van der Waals surface area contributed by atoms with Crippen molar-refractivity contribution < 1.29 is 4.79 Å². The number of hydrogen-bond acceptors (Lipinski definition) is 4. The summed E-state index contributed by atoms with van der Waals surface area (Å²) >= 11 is 1.61. The van der Waals surface area contributed by atoms with Gasteiger partial charge in [-0.25, -0.2) is 4.98 Å². The molecule has 1 amide bonds. The van der Waals surface area contributed by atoms with Crippen LogP contribution < -0.4 is 5.32 Å². The monoisotopic (exact) mass is 423 g/mol. The third-order valence-corrected chi connectivity index (χ3v) is 6.25. The number of nitrogens with zero attached hydrogens (tertiary/aromatic N) is 2. The number of nitrogens with one attached hydrogen (secondary N) is 1. The third kappa shape index (κ3) is 3.57. The highest BCUT2D eigenvalue weighted by Gasteiger charge is 2.16. The van der Waals surface area contributed by atoms with Gasteiger partial charge in [0.1, 0.15) is 0 Å². The van der Waals surface area contributed by atoms with Crippen LogP contribution >= 0.6 is 11.3 Å². The number of pyridine rings is 2. The lowest BCUT2D eigenvalue weighted by Crippen LogP contribution is -2.14. The predicted molar refractivity (Wildman–Crippen MR) is 129 cm³/mol. The van der Waals surface area contributed by atoms with Crippen molar-refractivity contribution in [2.45, 2.75) is 20.8 Å². The smallest absolute Gasteiger partial charge is 0.256 e. The maximum Gasteiger partial charge on any atom is 0.256 e. The van der Waals surface area contributed by atoms with E-state index >= 15 is 0 Å². The number of amides is 1. The number of fused-ring (bicyclic) bond motifs is 2. The van der Waals surface area contributed by atoms with E-state index in [0.717, 1.165) is 54.9 Å². The second-order valence-electron chi connectivity index (χ2n) is 7.79. The van der Waals surface area contributed by atoms with Gasteiger partial charge in [0.05, 0.1) is 32.9 Å². The summed E-state index contributed by atoms with van der Waals surface area (Å²) in [6, 6.07) is 19.8. The fraction of sp³-hybridized carbons (Fsp3) is 0.115. The average molecular weight is 424 g/mol. The van der Waals surface area contributed by atoms with Crippen molar-refractivity contribution in [1.82, 2.24) is 9.97 Å².